The summed E-state index contributed by atoms with van der Waals surface area (Å²) in [6.07, 6.45) is -5.92. The van der Waals surface area contributed by atoms with Gasteiger partial charge in [-0.05, 0) is 57.2 Å². The number of aryl methyl sites for hydroxylation is 2. The van der Waals surface area contributed by atoms with Crippen molar-refractivity contribution < 1.29 is 32.3 Å². The van der Waals surface area contributed by atoms with Gasteiger partial charge in [0.05, 0.1) is 33.7 Å². The first kappa shape index (κ1) is 23.2. The number of rotatable bonds is 3. The third-order valence-electron chi connectivity index (χ3n) is 5.47. The highest BCUT2D eigenvalue weighted by molar-refractivity contribution is 6.11. The van der Waals surface area contributed by atoms with Crippen LogP contribution in [-0.2, 0) is 20.5 Å². The number of aromatic nitrogens is 1. The molecule has 0 aliphatic carbocycles. The van der Waals surface area contributed by atoms with Gasteiger partial charge in [-0.3, -0.25) is 19.5 Å². The minimum Gasteiger partial charge on any atom is -0.449 e. The minimum absolute atomic E-state index is 0.0829. The number of alkyl halides is 3. The van der Waals surface area contributed by atoms with E-state index in [2.05, 4.69) is 10.3 Å². The fraction of sp³-hybridized carbons (Fsp3) is 0.250. The van der Waals surface area contributed by atoms with E-state index in [0.717, 1.165) is 34.0 Å². The van der Waals surface area contributed by atoms with Gasteiger partial charge in [-0.1, -0.05) is 11.6 Å². The highest BCUT2D eigenvalue weighted by Gasteiger charge is 2.35. The topological polar surface area (TPSA) is 88.6 Å². The van der Waals surface area contributed by atoms with E-state index in [-0.39, 0.29) is 16.9 Å². The molecule has 1 aliphatic heterocycles. The van der Waals surface area contributed by atoms with Crippen LogP contribution in [0.3, 0.4) is 0 Å². The molecule has 1 aromatic heterocycles. The maximum absolute atomic E-state index is 13.0. The summed E-state index contributed by atoms with van der Waals surface area (Å²) in [6, 6.07) is 9.91. The number of amides is 2. The Morgan fingerprint density at radius 3 is 2.56 bits per heavy atom. The Morgan fingerprint density at radius 2 is 1.85 bits per heavy atom. The molecule has 10 heteroatoms. The lowest BCUT2D eigenvalue weighted by atomic mass is 10.1. The Labute approximate surface area is 192 Å². The van der Waals surface area contributed by atoms with Gasteiger partial charge in [0.1, 0.15) is 6.54 Å². The number of pyridine rings is 1. The molecule has 2 amide bonds. The van der Waals surface area contributed by atoms with Gasteiger partial charge in [0.25, 0.3) is 5.91 Å². The maximum atomic E-state index is 13.0. The summed E-state index contributed by atoms with van der Waals surface area (Å²) >= 11 is 0. The summed E-state index contributed by atoms with van der Waals surface area (Å²) in [6.45, 7) is 4.47. The number of halogens is 3. The number of ether oxygens (including phenoxy) is 1. The zero-order valence-corrected chi connectivity index (χ0v) is 18.5. The standard InChI is InChI=1S/C24H20F3N3O4/c1-12-4-6-18-15(8-12)9-17(13(2)28-18)23(33)34-14(3)22(32)30-11-21(31)29-19-10-16(24(25,26)27)5-7-20(19)30/h4-10,14H,11H2,1-3H3,(H,29,31). The third kappa shape index (κ3) is 4.43. The van der Waals surface area contributed by atoms with Gasteiger partial charge < -0.3 is 10.1 Å². The molecule has 2 aromatic carbocycles. The van der Waals surface area contributed by atoms with Crippen molar-refractivity contribution in [2.24, 2.45) is 0 Å². The number of carbonyl (C=O) groups is 3. The molecule has 3 aromatic rings. The average Bonchev–Trinajstić information content (AvgIpc) is 2.76. The second-order valence-electron chi connectivity index (χ2n) is 8.07. The fourth-order valence-electron chi connectivity index (χ4n) is 3.76. The second kappa shape index (κ2) is 8.44. The molecular weight excluding hydrogens is 451 g/mol. The quantitative estimate of drug-likeness (QED) is 0.572. The summed E-state index contributed by atoms with van der Waals surface area (Å²) in [5.41, 5.74) is 1.26. The molecule has 1 atom stereocenters. The second-order valence-corrected chi connectivity index (χ2v) is 8.07. The Balaban J connectivity index is 1.58. The number of hydrogen-bond acceptors (Lipinski definition) is 5. The van der Waals surface area contributed by atoms with E-state index in [9.17, 15) is 27.6 Å². The first-order valence-corrected chi connectivity index (χ1v) is 10.4. The van der Waals surface area contributed by atoms with Crippen LogP contribution >= 0.6 is 0 Å². The molecule has 2 heterocycles. The van der Waals surface area contributed by atoms with E-state index in [1.165, 1.54) is 6.92 Å². The number of nitrogens with one attached hydrogen (secondary N) is 1. The Hall–Kier alpha value is -3.95. The van der Waals surface area contributed by atoms with Crippen LogP contribution in [0.2, 0.25) is 0 Å². The lowest BCUT2D eigenvalue weighted by Crippen LogP contribution is -2.47. The van der Waals surface area contributed by atoms with E-state index in [1.54, 1.807) is 13.0 Å². The largest absolute Gasteiger partial charge is 0.449 e. The summed E-state index contributed by atoms with van der Waals surface area (Å²) in [5.74, 6) is -2.18. The molecule has 0 fully saturated rings. The molecular formula is C24H20F3N3O4. The van der Waals surface area contributed by atoms with Crippen molar-refractivity contribution in [3.05, 3.63) is 64.8 Å². The molecule has 0 spiro atoms. The van der Waals surface area contributed by atoms with Gasteiger partial charge >= 0.3 is 12.1 Å². The monoisotopic (exact) mass is 471 g/mol. The smallest absolute Gasteiger partial charge is 0.416 e. The summed E-state index contributed by atoms with van der Waals surface area (Å²) in [5, 5.41) is 3.08. The predicted octanol–water partition coefficient (Wildman–Crippen LogP) is 4.40. The number of benzene rings is 2. The van der Waals surface area contributed by atoms with Crippen molar-refractivity contribution in [2.45, 2.75) is 33.1 Å². The fourth-order valence-corrected chi connectivity index (χ4v) is 3.76. The van der Waals surface area contributed by atoms with E-state index in [0.29, 0.717) is 11.2 Å². The molecule has 1 unspecified atom stereocenters. The van der Waals surface area contributed by atoms with E-state index < -0.39 is 42.2 Å². The van der Waals surface area contributed by atoms with Crippen LogP contribution in [-0.4, -0.2) is 35.4 Å². The average molecular weight is 471 g/mol. The zero-order chi connectivity index (χ0) is 24.8. The van der Waals surface area contributed by atoms with Gasteiger partial charge in [0.15, 0.2) is 6.10 Å². The maximum Gasteiger partial charge on any atom is 0.416 e. The molecule has 7 nitrogen and oxygen atoms in total. The number of fused-ring (bicyclic) bond motifs is 2. The van der Waals surface area contributed by atoms with Gasteiger partial charge in [-0.25, -0.2) is 4.79 Å². The third-order valence-corrected chi connectivity index (χ3v) is 5.47. The summed E-state index contributed by atoms with van der Waals surface area (Å²) < 4.78 is 44.5. The number of anilines is 2. The van der Waals surface area contributed by atoms with Gasteiger partial charge in [-0.15, -0.1) is 0 Å². The van der Waals surface area contributed by atoms with Crippen LogP contribution in [0.4, 0.5) is 24.5 Å². The van der Waals surface area contributed by atoms with Crippen LogP contribution in [0.5, 0.6) is 0 Å². The zero-order valence-electron chi connectivity index (χ0n) is 18.5. The van der Waals surface area contributed by atoms with Crippen molar-refractivity contribution >= 4 is 40.1 Å². The lowest BCUT2D eigenvalue weighted by Gasteiger charge is -2.31. The number of esters is 1. The molecule has 176 valence electrons. The van der Waals surface area contributed by atoms with E-state index in [1.807, 2.05) is 25.1 Å². The molecule has 4 rings (SSSR count). The van der Waals surface area contributed by atoms with Crippen molar-refractivity contribution in [3.8, 4) is 0 Å². The number of hydrogen-bond donors (Lipinski definition) is 1. The molecule has 0 saturated carbocycles. The highest BCUT2D eigenvalue weighted by atomic mass is 19.4. The summed E-state index contributed by atoms with van der Waals surface area (Å²) in [7, 11) is 0. The van der Waals surface area contributed by atoms with Crippen LogP contribution in [0, 0.1) is 13.8 Å². The molecule has 0 saturated heterocycles. The van der Waals surface area contributed by atoms with Crippen LogP contribution < -0.4 is 10.2 Å². The van der Waals surface area contributed by atoms with Crippen LogP contribution in [0.15, 0.2) is 42.5 Å². The Morgan fingerprint density at radius 1 is 1.12 bits per heavy atom. The Kier molecular flexibility index (Phi) is 5.76. The van der Waals surface area contributed by atoms with Crippen molar-refractivity contribution in [2.75, 3.05) is 16.8 Å². The lowest BCUT2D eigenvalue weighted by molar-refractivity contribution is -0.137. The first-order valence-electron chi connectivity index (χ1n) is 10.4. The molecule has 34 heavy (non-hydrogen) atoms. The molecule has 0 bridgehead atoms. The van der Waals surface area contributed by atoms with Crippen molar-refractivity contribution in [3.63, 3.8) is 0 Å². The normalized spacial score (nSPS) is 14.4. The van der Waals surface area contributed by atoms with Gasteiger partial charge in [0.2, 0.25) is 5.91 Å². The summed E-state index contributed by atoms with van der Waals surface area (Å²) in [4.78, 5) is 43.3. The van der Waals surface area contributed by atoms with Crippen molar-refractivity contribution in [1.29, 1.82) is 0 Å². The predicted molar refractivity (Wildman–Crippen MR) is 119 cm³/mol. The van der Waals surface area contributed by atoms with E-state index >= 15 is 0 Å². The molecule has 0 radical (unpaired) electrons. The number of nitrogens with zero attached hydrogens (tertiary/aromatic N) is 2. The SMILES string of the molecule is Cc1ccc2nc(C)c(C(=O)OC(C)C(=O)N3CC(=O)Nc4cc(C(F)(F)F)ccc43)cc2c1. The van der Waals surface area contributed by atoms with Crippen molar-refractivity contribution in [1.82, 2.24) is 4.98 Å². The minimum atomic E-state index is -4.61. The van der Waals surface area contributed by atoms with Crippen LogP contribution in [0.1, 0.15) is 34.1 Å². The highest BCUT2D eigenvalue weighted by Crippen LogP contribution is 2.37. The van der Waals surface area contributed by atoms with Crippen LogP contribution in [0.25, 0.3) is 10.9 Å². The Bertz CT molecular complexity index is 1340. The first-order chi connectivity index (χ1) is 15.9. The van der Waals surface area contributed by atoms with Gasteiger partial charge in [0, 0.05) is 5.39 Å². The molecule has 1 N–H and O–H groups in total. The number of carbonyl (C=O) groups excluding carboxylic acids is 3. The molecule has 1 aliphatic rings. The van der Waals surface area contributed by atoms with E-state index in [4.69, 9.17) is 4.74 Å². The van der Waals surface area contributed by atoms with Gasteiger partial charge in [-0.2, -0.15) is 13.2 Å².